The minimum atomic E-state index is -4.54. The maximum atomic E-state index is 12.5. The summed E-state index contributed by atoms with van der Waals surface area (Å²) < 4.78 is 22.7. The van der Waals surface area contributed by atoms with E-state index in [1.54, 1.807) is 6.08 Å². The molecule has 3 atom stereocenters. The van der Waals surface area contributed by atoms with Crippen molar-refractivity contribution in [3.63, 3.8) is 0 Å². The Kier molecular flexibility index (Phi) is 20.8. The van der Waals surface area contributed by atoms with Gasteiger partial charge in [0, 0.05) is 6.42 Å². The van der Waals surface area contributed by atoms with Gasteiger partial charge in [0.1, 0.15) is 13.2 Å². The molecular formula is C27H55N2O6P. The average molecular weight is 535 g/mol. The third-order valence-corrected chi connectivity index (χ3v) is 6.96. The van der Waals surface area contributed by atoms with E-state index in [0.29, 0.717) is 17.4 Å². The number of allylic oxidation sites excluding steroid dienone is 1. The van der Waals surface area contributed by atoms with E-state index in [4.69, 9.17) is 9.05 Å². The molecule has 0 aliphatic carbocycles. The number of aliphatic hydroxyl groups is 1. The Morgan fingerprint density at radius 1 is 0.944 bits per heavy atom. The van der Waals surface area contributed by atoms with Gasteiger partial charge in [0.2, 0.25) is 5.91 Å². The Hall–Kier alpha value is -0.760. The minimum absolute atomic E-state index is 0.000478. The highest BCUT2D eigenvalue weighted by molar-refractivity contribution is 7.45. The molecular weight excluding hydrogens is 479 g/mol. The first-order valence-electron chi connectivity index (χ1n) is 14.1. The van der Waals surface area contributed by atoms with E-state index in [1.807, 2.05) is 27.2 Å². The van der Waals surface area contributed by atoms with Gasteiger partial charge in [-0.3, -0.25) is 9.36 Å². The number of hydrogen-bond donors (Lipinski definition) is 2. The molecule has 0 rings (SSSR count). The van der Waals surface area contributed by atoms with Crippen molar-refractivity contribution in [3.8, 4) is 0 Å². The fourth-order valence-electron chi connectivity index (χ4n) is 3.60. The smallest absolute Gasteiger partial charge is 0.268 e. The van der Waals surface area contributed by atoms with Crippen LogP contribution >= 0.6 is 7.82 Å². The van der Waals surface area contributed by atoms with Gasteiger partial charge in [0.15, 0.2) is 0 Å². The summed E-state index contributed by atoms with van der Waals surface area (Å²) in [5, 5.41) is 13.3. The molecule has 0 fully saturated rings. The number of carbonyl (C=O) groups is 1. The summed E-state index contributed by atoms with van der Waals surface area (Å²) >= 11 is 0. The second-order valence-electron chi connectivity index (χ2n) is 10.8. The van der Waals surface area contributed by atoms with Crippen LogP contribution in [0.4, 0.5) is 0 Å². The van der Waals surface area contributed by atoms with Crippen molar-refractivity contribution in [2.45, 2.75) is 116 Å². The van der Waals surface area contributed by atoms with Crippen LogP contribution in [0, 0.1) is 0 Å². The summed E-state index contributed by atoms with van der Waals surface area (Å²) in [6, 6.07) is -0.872. The molecule has 0 spiro atoms. The number of nitrogens with zero attached hydrogens (tertiary/aromatic N) is 1. The van der Waals surface area contributed by atoms with Crippen LogP contribution in [0.1, 0.15) is 104 Å². The lowest BCUT2D eigenvalue weighted by Gasteiger charge is -2.29. The fraction of sp³-hybridized carbons (Fsp3) is 0.889. The van der Waals surface area contributed by atoms with E-state index >= 15 is 0 Å². The quantitative estimate of drug-likeness (QED) is 0.0772. The molecule has 1 amide bonds. The van der Waals surface area contributed by atoms with Gasteiger partial charge in [-0.25, -0.2) is 0 Å². The summed E-state index contributed by atoms with van der Waals surface area (Å²) in [5.41, 5.74) is 0. The number of hydrogen-bond acceptors (Lipinski definition) is 6. The number of rotatable bonds is 24. The Labute approximate surface area is 221 Å². The molecule has 0 aliphatic rings. The lowest BCUT2D eigenvalue weighted by molar-refractivity contribution is -0.870. The van der Waals surface area contributed by atoms with Crippen LogP contribution in [0.2, 0.25) is 0 Å². The van der Waals surface area contributed by atoms with Crippen LogP contribution in [-0.2, 0) is 18.4 Å². The molecule has 0 aromatic carbocycles. The number of unbranched alkanes of at least 4 members (excludes halogenated alkanes) is 11. The fourth-order valence-corrected chi connectivity index (χ4v) is 4.33. The van der Waals surface area contributed by atoms with E-state index in [0.717, 1.165) is 38.5 Å². The second kappa shape index (κ2) is 21.2. The van der Waals surface area contributed by atoms with Crippen LogP contribution in [0.5, 0.6) is 0 Å². The van der Waals surface area contributed by atoms with Crippen molar-refractivity contribution in [3.05, 3.63) is 12.2 Å². The van der Waals surface area contributed by atoms with E-state index < -0.39 is 20.0 Å². The molecule has 0 aromatic heterocycles. The number of phosphoric acid groups is 1. The monoisotopic (exact) mass is 534 g/mol. The van der Waals surface area contributed by atoms with Crippen LogP contribution in [0.25, 0.3) is 0 Å². The highest BCUT2D eigenvalue weighted by atomic mass is 31.2. The highest BCUT2D eigenvalue weighted by Gasteiger charge is 2.23. The van der Waals surface area contributed by atoms with Gasteiger partial charge in [0.05, 0.1) is 39.9 Å². The van der Waals surface area contributed by atoms with Crippen LogP contribution in [-0.4, -0.2) is 68.5 Å². The second-order valence-corrected chi connectivity index (χ2v) is 12.2. The SMILES string of the molecule is CCCC/C=C/C(O)C(COP(=O)([O-])OCC[N+](C)(C)C)NC(=O)CCCCCCCCCCCC. The van der Waals surface area contributed by atoms with Crippen molar-refractivity contribution in [2.24, 2.45) is 0 Å². The number of nitrogens with one attached hydrogen (secondary N) is 1. The molecule has 3 unspecified atom stereocenters. The third-order valence-electron chi connectivity index (χ3n) is 6.00. The molecule has 36 heavy (non-hydrogen) atoms. The maximum absolute atomic E-state index is 12.5. The number of likely N-dealkylation sites (N-methyl/N-ethyl adjacent to an activating group) is 1. The molecule has 0 bridgehead atoms. The topological polar surface area (TPSA) is 108 Å². The molecule has 9 heteroatoms. The first kappa shape index (κ1) is 35.2. The lowest BCUT2D eigenvalue weighted by atomic mass is 10.1. The summed E-state index contributed by atoms with van der Waals surface area (Å²) in [4.78, 5) is 24.7. The number of carbonyl (C=O) groups excluding carboxylic acids is 1. The predicted molar refractivity (Wildman–Crippen MR) is 145 cm³/mol. The van der Waals surface area contributed by atoms with E-state index in [-0.39, 0.29) is 19.1 Å². The molecule has 0 radical (unpaired) electrons. The number of amides is 1. The molecule has 214 valence electrons. The van der Waals surface area contributed by atoms with Crippen LogP contribution < -0.4 is 10.2 Å². The number of quaternary nitrogens is 1. The molecule has 0 aromatic rings. The van der Waals surface area contributed by atoms with Gasteiger partial charge in [0.25, 0.3) is 7.82 Å². The molecule has 8 nitrogen and oxygen atoms in total. The van der Waals surface area contributed by atoms with Gasteiger partial charge in [-0.2, -0.15) is 0 Å². The predicted octanol–water partition coefficient (Wildman–Crippen LogP) is 5.10. The molecule has 0 heterocycles. The largest absolute Gasteiger partial charge is 0.756 e. The number of phosphoric ester groups is 1. The molecule has 2 N–H and O–H groups in total. The Morgan fingerprint density at radius 2 is 1.50 bits per heavy atom. The summed E-state index contributed by atoms with van der Waals surface area (Å²) in [6.45, 7) is 4.42. The Morgan fingerprint density at radius 3 is 2.06 bits per heavy atom. The maximum Gasteiger partial charge on any atom is 0.268 e. The van der Waals surface area contributed by atoms with Gasteiger partial charge in [-0.1, -0.05) is 96.6 Å². The van der Waals surface area contributed by atoms with Crippen molar-refractivity contribution >= 4 is 13.7 Å². The van der Waals surface area contributed by atoms with Gasteiger partial charge < -0.3 is 28.8 Å². The molecule has 0 saturated heterocycles. The van der Waals surface area contributed by atoms with Gasteiger partial charge in [-0.15, -0.1) is 0 Å². The molecule has 0 saturated carbocycles. The van der Waals surface area contributed by atoms with Crippen molar-refractivity contribution in [1.29, 1.82) is 0 Å². The zero-order valence-electron chi connectivity index (χ0n) is 23.7. The highest BCUT2D eigenvalue weighted by Crippen LogP contribution is 2.38. The van der Waals surface area contributed by atoms with Gasteiger partial charge >= 0.3 is 0 Å². The van der Waals surface area contributed by atoms with Crippen LogP contribution in [0.3, 0.4) is 0 Å². The average Bonchev–Trinajstić information content (AvgIpc) is 2.79. The third kappa shape index (κ3) is 22.4. The lowest BCUT2D eigenvalue weighted by Crippen LogP contribution is -2.45. The molecule has 0 aliphatic heterocycles. The van der Waals surface area contributed by atoms with E-state index in [2.05, 4.69) is 19.2 Å². The zero-order chi connectivity index (χ0) is 27.3. The summed E-state index contributed by atoms with van der Waals surface area (Å²) in [7, 11) is 1.25. The normalized spacial score (nSPS) is 15.6. The summed E-state index contributed by atoms with van der Waals surface area (Å²) in [5.74, 6) is -0.212. The Balaban J connectivity index is 4.54. The van der Waals surface area contributed by atoms with Crippen LogP contribution in [0.15, 0.2) is 12.2 Å². The first-order chi connectivity index (χ1) is 17.0. The van der Waals surface area contributed by atoms with Gasteiger partial charge in [-0.05, 0) is 12.8 Å². The first-order valence-corrected chi connectivity index (χ1v) is 15.5. The van der Waals surface area contributed by atoms with Crippen molar-refractivity contribution in [1.82, 2.24) is 5.32 Å². The number of aliphatic hydroxyl groups excluding tert-OH is 1. The van der Waals surface area contributed by atoms with Crippen molar-refractivity contribution < 1.29 is 32.9 Å². The zero-order valence-corrected chi connectivity index (χ0v) is 24.6. The van der Waals surface area contributed by atoms with Crippen molar-refractivity contribution in [2.75, 3.05) is 40.9 Å². The minimum Gasteiger partial charge on any atom is -0.756 e. The Bertz CT molecular complexity index is 624. The standard InChI is InChI=1S/C27H55N2O6P/c1-6-8-10-12-13-14-15-16-17-19-21-27(31)28-25(26(30)20-18-11-9-7-2)24-35-36(32,33)34-23-22-29(3,4)5/h18,20,25-26,30H,6-17,19,21-24H2,1-5H3,(H-,28,31,32,33)/b20-18+. The summed E-state index contributed by atoms with van der Waals surface area (Å²) in [6.07, 6.45) is 17.4. The van der Waals surface area contributed by atoms with E-state index in [1.165, 1.54) is 44.9 Å². The van der Waals surface area contributed by atoms with E-state index in [9.17, 15) is 19.4 Å².